The molecule has 0 unspecified atom stereocenters. The second-order valence-corrected chi connectivity index (χ2v) is 10.4. The molecule has 4 rings (SSSR count). The molecule has 9 nitrogen and oxygen atoms in total. The molecule has 0 aromatic carbocycles. The van der Waals surface area contributed by atoms with Gasteiger partial charge in [-0.3, -0.25) is 4.79 Å². The zero-order valence-corrected chi connectivity index (χ0v) is 19.0. The number of amides is 1. The summed E-state index contributed by atoms with van der Waals surface area (Å²) in [6.45, 7) is 2.79. The van der Waals surface area contributed by atoms with E-state index in [9.17, 15) is 22.7 Å². The molecule has 0 aliphatic carbocycles. The van der Waals surface area contributed by atoms with Crippen LogP contribution in [0.4, 0.5) is 4.39 Å². The Morgan fingerprint density at radius 1 is 1.38 bits per heavy atom. The van der Waals surface area contributed by atoms with Crippen molar-refractivity contribution >= 4 is 33.1 Å². The molecule has 1 fully saturated rings. The lowest BCUT2D eigenvalue weighted by Gasteiger charge is -2.36. The minimum Gasteiger partial charge on any atom is -0.389 e. The van der Waals surface area contributed by atoms with Crippen LogP contribution in [0.25, 0.3) is 17.1 Å². The van der Waals surface area contributed by atoms with Gasteiger partial charge in [0.05, 0.1) is 23.7 Å². The number of imidazole rings is 1. The third-order valence-corrected chi connectivity index (χ3v) is 7.75. The molecule has 0 bridgehead atoms. The van der Waals surface area contributed by atoms with Gasteiger partial charge in [0.15, 0.2) is 11.0 Å². The summed E-state index contributed by atoms with van der Waals surface area (Å²) in [6, 6.07) is 2.77. The highest BCUT2D eigenvalue weighted by Gasteiger charge is 2.32. The maximum Gasteiger partial charge on any atom is 0.223 e. The van der Waals surface area contributed by atoms with E-state index in [-0.39, 0.29) is 49.4 Å². The first kappa shape index (κ1) is 22.8. The number of aromatic nitrogens is 3. The number of H-pyrrole nitrogens is 1. The van der Waals surface area contributed by atoms with Gasteiger partial charge in [0.2, 0.25) is 15.9 Å². The standard InChI is InChI=1S/C20H23ClFN5O4S/c1-12-9-27(32(30,31)7-5-17(29)26-10-14(28)11-26)6-4-15(12)18-19(21)25-20(24-18)16-3-2-13(22)8-23-16/h2-3,8,14,28H,4-7,9-11H2,1H3,(H,24,25). The quantitative estimate of drug-likeness (QED) is 0.645. The Balaban J connectivity index is 1.45. The largest absolute Gasteiger partial charge is 0.389 e. The fourth-order valence-corrected chi connectivity index (χ4v) is 5.51. The normalized spacial score (nSPS) is 18.2. The van der Waals surface area contributed by atoms with Crippen LogP contribution in [0.5, 0.6) is 0 Å². The van der Waals surface area contributed by atoms with Crippen molar-refractivity contribution in [2.24, 2.45) is 0 Å². The lowest BCUT2D eigenvalue weighted by molar-refractivity contribution is -0.140. The SMILES string of the molecule is CC1=C(c2[nH]c(-c3ccc(F)cn3)nc2Cl)CCN(S(=O)(=O)CCC(=O)N2CC(O)C2)C1. The zero-order valence-electron chi connectivity index (χ0n) is 17.4. The first-order chi connectivity index (χ1) is 15.1. The van der Waals surface area contributed by atoms with Crippen molar-refractivity contribution in [2.75, 3.05) is 31.9 Å². The summed E-state index contributed by atoms with van der Waals surface area (Å²) in [5, 5.41) is 9.52. The topological polar surface area (TPSA) is 119 Å². The van der Waals surface area contributed by atoms with E-state index in [1.54, 1.807) is 0 Å². The summed E-state index contributed by atoms with van der Waals surface area (Å²) >= 11 is 6.32. The highest BCUT2D eigenvalue weighted by Crippen LogP contribution is 2.33. The Morgan fingerprint density at radius 2 is 2.12 bits per heavy atom. The Morgan fingerprint density at radius 3 is 2.75 bits per heavy atom. The summed E-state index contributed by atoms with van der Waals surface area (Å²) in [5.41, 5.74) is 2.72. The first-order valence-corrected chi connectivity index (χ1v) is 12.1. The van der Waals surface area contributed by atoms with Gasteiger partial charge in [-0.1, -0.05) is 17.2 Å². The number of likely N-dealkylation sites (tertiary alicyclic amines) is 1. The van der Waals surface area contributed by atoms with Crippen molar-refractivity contribution in [1.29, 1.82) is 0 Å². The molecular weight excluding hydrogens is 461 g/mol. The van der Waals surface area contributed by atoms with Gasteiger partial charge in [-0.25, -0.2) is 22.8 Å². The van der Waals surface area contributed by atoms with Crippen molar-refractivity contribution in [2.45, 2.75) is 25.9 Å². The number of carbonyl (C=O) groups is 1. The van der Waals surface area contributed by atoms with Gasteiger partial charge in [-0.15, -0.1) is 0 Å². The molecule has 0 saturated carbocycles. The maximum absolute atomic E-state index is 13.1. The number of β-amino-alcohol motifs (C(OH)–C–C–N with tert-alkyl or cyclic N) is 1. The Hall–Kier alpha value is -2.34. The molecule has 12 heteroatoms. The number of aliphatic hydroxyl groups is 1. The number of nitrogens with one attached hydrogen (secondary N) is 1. The lowest BCUT2D eigenvalue weighted by Crippen LogP contribution is -2.53. The molecule has 4 heterocycles. The van der Waals surface area contributed by atoms with Gasteiger partial charge < -0.3 is 15.0 Å². The molecule has 0 atom stereocenters. The van der Waals surface area contributed by atoms with E-state index < -0.39 is 21.9 Å². The molecular formula is C20H23ClFN5O4S. The van der Waals surface area contributed by atoms with Crippen molar-refractivity contribution in [3.8, 4) is 11.5 Å². The van der Waals surface area contributed by atoms with Crippen LogP contribution in [0.3, 0.4) is 0 Å². The predicted octanol–water partition coefficient (Wildman–Crippen LogP) is 1.67. The second kappa shape index (κ2) is 8.89. The lowest BCUT2D eigenvalue weighted by atomic mass is 10.0. The smallest absolute Gasteiger partial charge is 0.223 e. The Bertz CT molecular complexity index is 1160. The molecule has 32 heavy (non-hydrogen) atoms. The van der Waals surface area contributed by atoms with Crippen molar-refractivity contribution in [1.82, 2.24) is 24.2 Å². The fourth-order valence-electron chi connectivity index (χ4n) is 3.82. The second-order valence-electron chi connectivity index (χ2n) is 7.97. The highest BCUT2D eigenvalue weighted by atomic mass is 35.5. The highest BCUT2D eigenvalue weighted by molar-refractivity contribution is 7.89. The summed E-state index contributed by atoms with van der Waals surface area (Å²) < 4.78 is 40.0. The van der Waals surface area contributed by atoms with E-state index in [0.29, 0.717) is 23.6 Å². The summed E-state index contributed by atoms with van der Waals surface area (Å²) in [6.07, 6.45) is 0.892. The molecule has 2 aliphatic heterocycles. The molecule has 2 N–H and O–H groups in total. The van der Waals surface area contributed by atoms with Crippen LogP contribution in [0.2, 0.25) is 5.15 Å². The van der Waals surface area contributed by atoms with Gasteiger partial charge >= 0.3 is 0 Å². The minimum atomic E-state index is -3.62. The van der Waals surface area contributed by atoms with Crippen LogP contribution in [0.15, 0.2) is 23.9 Å². The Kier molecular flexibility index (Phi) is 6.35. The number of aromatic amines is 1. The Labute approximate surface area is 190 Å². The maximum atomic E-state index is 13.1. The van der Waals surface area contributed by atoms with Crippen LogP contribution in [0.1, 0.15) is 25.5 Å². The number of hydrogen-bond donors (Lipinski definition) is 2. The van der Waals surface area contributed by atoms with E-state index >= 15 is 0 Å². The average Bonchev–Trinajstić information content (AvgIpc) is 3.11. The predicted molar refractivity (Wildman–Crippen MR) is 117 cm³/mol. The molecule has 1 amide bonds. The number of aliphatic hydroxyl groups excluding tert-OH is 1. The van der Waals surface area contributed by atoms with Crippen LogP contribution < -0.4 is 0 Å². The molecule has 2 aliphatic rings. The van der Waals surface area contributed by atoms with Gasteiger partial charge in [0, 0.05) is 32.6 Å². The van der Waals surface area contributed by atoms with E-state index in [4.69, 9.17) is 11.6 Å². The van der Waals surface area contributed by atoms with Gasteiger partial charge in [-0.05, 0) is 31.1 Å². The van der Waals surface area contributed by atoms with Gasteiger partial charge in [-0.2, -0.15) is 4.31 Å². The van der Waals surface area contributed by atoms with Crippen molar-refractivity contribution < 1.29 is 22.7 Å². The van der Waals surface area contributed by atoms with Crippen molar-refractivity contribution in [3.63, 3.8) is 0 Å². The fraction of sp³-hybridized carbons (Fsp3) is 0.450. The summed E-state index contributed by atoms with van der Waals surface area (Å²) in [4.78, 5) is 24.9. The molecule has 2 aromatic rings. The molecule has 172 valence electrons. The zero-order chi connectivity index (χ0) is 23.0. The first-order valence-electron chi connectivity index (χ1n) is 10.1. The average molecular weight is 484 g/mol. The molecule has 2 aromatic heterocycles. The van der Waals surface area contributed by atoms with Gasteiger partial charge in [0.25, 0.3) is 0 Å². The summed E-state index contributed by atoms with van der Waals surface area (Å²) in [5.74, 6) is -0.598. The van der Waals surface area contributed by atoms with Crippen molar-refractivity contribution in [3.05, 3.63) is 40.6 Å². The number of carbonyl (C=O) groups excluding carboxylic acids is 1. The van der Waals surface area contributed by atoms with E-state index in [2.05, 4.69) is 15.0 Å². The molecule has 0 radical (unpaired) electrons. The summed E-state index contributed by atoms with van der Waals surface area (Å²) in [7, 11) is -3.62. The van der Waals surface area contributed by atoms with Gasteiger partial charge in [0.1, 0.15) is 11.5 Å². The van der Waals surface area contributed by atoms with Crippen LogP contribution in [-0.2, 0) is 14.8 Å². The third-order valence-electron chi connectivity index (χ3n) is 5.65. The number of hydrogen-bond acceptors (Lipinski definition) is 6. The van der Waals surface area contributed by atoms with E-state index in [1.165, 1.54) is 21.3 Å². The molecule has 0 spiro atoms. The minimum absolute atomic E-state index is 0.110. The van der Waals surface area contributed by atoms with Crippen LogP contribution in [-0.4, -0.2) is 81.6 Å². The third kappa shape index (κ3) is 4.70. The number of halogens is 2. The number of sulfonamides is 1. The van der Waals surface area contributed by atoms with Crippen LogP contribution >= 0.6 is 11.6 Å². The monoisotopic (exact) mass is 483 g/mol. The number of nitrogens with zero attached hydrogens (tertiary/aromatic N) is 4. The number of pyridine rings is 1. The van der Waals surface area contributed by atoms with E-state index in [0.717, 1.165) is 17.3 Å². The van der Waals surface area contributed by atoms with E-state index in [1.807, 2.05) is 6.92 Å². The number of rotatable bonds is 6. The van der Waals surface area contributed by atoms with Crippen LogP contribution in [0, 0.1) is 5.82 Å². The molecule has 1 saturated heterocycles.